The predicted molar refractivity (Wildman–Crippen MR) is 78.7 cm³/mol. The largest absolute Gasteiger partial charge is 0.506 e. The number of halogens is 4. The first-order valence-electron chi connectivity index (χ1n) is 6.09. The molecule has 0 fully saturated rings. The van der Waals surface area contributed by atoms with Gasteiger partial charge in [-0.2, -0.15) is 5.10 Å². The van der Waals surface area contributed by atoms with Crippen molar-refractivity contribution < 1.29 is 18.7 Å². The molecule has 1 amide bonds. The van der Waals surface area contributed by atoms with Crippen LogP contribution in [0, 0.1) is 6.92 Å². The third-order valence-corrected chi connectivity index (χ3v) is 3.59. The number of nitrogens with zero attached hydrogens (tertiary/aromatic N) is 2. The molecule has 0 aliphatic heterocycles. The number of carbonyl (C=O) groups excluding carboxylic acids is 1. The van der Waals surface area contributed by atoms with Gasteiger partial charge in [-0.05, 0) is 25.1 Å². The number of nitrogens with one attached hydrogen (secondary N) is 1. The number of hydrogen-bond acceptors (Lipinski definition) is 3. The van der Waals surface area contributed by atoms with Gasteiger partial charge in [0, 0.05) is 5.02 Å². The van der Waals surface area contributed by atoms with Crippen LogP contribution in [0.2, 0.25) is 10.0 Å². The minimum Gasteiger partial charge on any atom is -0.506 e. The number of phenolic OH excluding ortho intramolecular Hbond substituents is 1. The molecule has 0 bridgehead atoms. The summed E-state index contributed by atoms with van der Waals surface area (Å²) < 4.78 is 26.5. The van der Waals surface area contributed by atoms with E-state index >= 15 is 0 Å². The number of rotatable bonds is 4. The molecule has 0 spiro atoms. The van der Waals surface area contributed by atoms with E-state index in [1.54, 1.807) is 0 Å². The number of phenols is 1. The number of carbonyl (C=O) groups is 1. The monoisotopic (exact) mass is 349 g/mol. The highest BCUT2D eigenvalue weighted by atomic mass is 35.5. The summed E-state index contributed by atoms with van der Waals surface area (Å²) in [5.41, 5.74) is -0.206. The highest BCUT2D eigenvalue weighted by Gasteiger charge is 2.21. The third-order valence-electron chi connectivity index (χ3n) is 2.89. The molecule has 2 N–H and O–H groups in total. The maximum absolute atomic E-state index is 12.7. The summed E-state index contributed by atoms with van der Waals surface area (Å²) in [6.07, 6.45) is -2.83. The van der Waals surface area contributed by atoms with Gasteiger partial charge < -0.3 is 10.4 Å². The fourth-order valence-electron chi connectivity index (χ4n) is 1.78. The lowest BCUT2D eigenvalue weighted by Crippen LogP contribution is -2.20. The van der Waals surface area contributed by atoms with Crippen molar-refractivity contribution in [2.45, 2.75) is 19.9 Å². The Bertz CT molecular complexity index is 720. The molecular weight excluding hydrogens is 339 g/mol. The van der Waals surface area contributed by atoms with Crippen LogP contribution in [0.4, 0.5) is 14.5 Å². The summed E-state index contributed by atoms with van der Waals surface area (Å²) in [4.78, 5) is 11.9. The van der Waals surface area contributed by atoms with Crippen molar-refractivity contribution in [3.05, 3.63) is 39.6 Å². The van der Waals surface area contributed by atoms with Gasteiger partial charge in [0.2, 0.25) is 5.91 Å². The number of aromatic nitrogens is 2. The molecule has 118 valence electrons. The number of alkyl halides is 2. The summed E-state index contributed by atoms with van der Waals surface area (Å²) in [7, 11) is 0. The lowest BCUT2D eigenvalue weighted by molar-refractivity contribution is -0.117. The van der Waals surface area contributed by atoms with Crippen molar-refractivity contribution in [1.29, 1.82) is 0 Å². The van der Waals surface area contributed by atoms with Gasteiger partial charge in [0.1, 0.15) is 18.0 Å². The van der Waals surface area contributed by atoms with E-state index in [1.165, 1.54) is 25.1 Å². The van der Waals surface area contributed by atoms with Crippen LogP contribution >= 0.6 is 23.2 Å². The minimum atomic E-state index is -2.83. The Morgan fingerprint density at radius 1 is 1.45 bits per heavy atom. The van der Waals surface area contributed by atoms with Crippen LogP contribution in [-0.2, 0) is 11.3 Å². The zero-order valence-corrected chi connectivity index (χ0v) is 12.8. The number of benzene rings is 1. The van der Waals surface area contributed by atoms with Gasteiger partial charge in [-0.15, -0.1) is 0 Å². The SMILES string of the molecule is Cc1c(Cl)c(C(F)F)nn1CC(=O)Nc1cc(Cl)ccc1O. The first-order valence-corrected chi connectivity index (χ1v) is 6.84. The van der Waals surface area contributed by atoms with Crippen molar-refractivity contribution in [2.24, 2.45) is 0 Å². The molecule has 0 aliphatic carbocycles. The molecule has 0 aliphatic rings. The van der Waals surface area contributed by atoms with Gasteiger partial charge in [-0.25, -0.2) is 8.78 Å². The fourth-order valence-corrected chi connectivity index (χ4v) is 2.17. The Kier molecular flexibility index (Phi) is 4.87. The van der Waals surface area contributed by atoms with Gasteiger partial charge in [0.05, 0.1) is 16.4 Å². The van der Waals surface area contributed by atoms with Gasteiger partial charge in [0.25, 0.3) is 6.43 Å². The molecule has 2 rings (SSSR count). The predicted octanol–water partition coefficient (Wildman–Crippen LogP) is 3.78. The quantitative estimate of drug-likeness (QED) is 0.825. The van der Waals surface area contributed by atoms with Crippen molar-refractivity contribution >= 4 is 34.8 Å². The number of amides is 1. The summed E-state index contributed by atoms with van der Waals surface area (Å²) in [6.45, 7) is 1.15. The van der Waals surface area contributed by atoms with Crippen LogP contribution in [0.3, 0.4) is 0 Å². The smallest absolute Gasteiger partial charge is 0.283 e. The molecule has 0 radical (unpaired) electrons. The average molecular weight is 350 g/mol. The summed E-state index contributed by atoms with van der Waals surface area (Å²) in [5.74, 6) is -0.734. The molecule has 0 atom stereocenters. The van der Waals surface area contributed by atoms with Crippen molar-refractivity contribution in [1.82, 2.24) is 9.78 Å². The van der Waals surface area contributed by atoms with E-state index in [0.29, 0.717) is 5.02 Å². The molecule has 1 aromatic heterocycles. The second-order valence-corrected chi connectivity index (χ2v) is 5.27. The minimum absolute atomic E-state index is 0.113. The summed E-state index contributed by atoms with van der Waals surface area (Å²) in [5, 5.41) is 15.8. The molecule has 22 heavy (non-hydrogen) atoms. The lowest BCUT2D eigenvalue weighted by atomic mass is 10.3. The Hall–Kier alpha value is -1.86. The topological polar surface area (TPSA) is 67.2 Å². The second-order valence-electron chi connectivity index (χ2n) is 4.45. The number of hydrogen-bond donors (Lipinski definition) is 2. The van der Waals surface area contributed by atoms with Crippen molar-refractivity contribution in [3.8, 4) is 5.75 Å². The van der Waals surface area contributed by atoms with Gasteiger partial charge in [-0.1, -0.05) is 23.2 Å². The number of aromatic hydroxyl groups is 1. The molecular formula is C13H11Cl2F2N3O2. The molecule has 1 aromatic carbocycles. The van der Waals surface area contributed by atoms with E-state index in [0.717, 1.165) is 4.68 Å². The molecule has 9 heteroatoms. The molecule has 0 saturated heterocycles. The normalized spacial score (nSPS) is 11.0. The lowest BCUT2D eigenvalue weighted by Gasteiger charge is -2.08. The van der Waals surface area contributed by atoms with E-state index in [-0.39, 0.29) is 28.7 Å². The highest BCUT2D eigenvalue weighted by molar-refractivity contribution is 6.32. The fraction of sp³-hybridized carbons (Fsp3) is 0.231. The van der Waals surface area contributed by atoms with Gasteiger partial charge in [-0.3, -0.25) is 9.48 Å². The van der Waals surface area contributed by atoms with E-state index in [2.05, 4.69) is 10.4 Å². The van der Waals surface area contributed by atoms with Crippen molar-refractivity contribution in [2.75, 3.05) is 5.32 Å². The highest BCUT2D eigenvalue weighted by Crippen LogP contribution is 2.29. The zero-order valence-electron chi connectivity index (χ0n) is 11.3. The van der Waals surface area contributed by atoms with Crippen LogP contribution < -0.4 is 5.32 Å². The maximum Gasteiger partial charge on any atom is 0.283 e. The van der Waals surface area contributed by atoms with Crippen molar-refractivity contribution in [3.63, 3.8) is 0 Å². The van der Waals surface area contributed by atoms with Crippen LogP contribution in [0.5, 0.6) is 5.75 Å². The van der Waals surface area contributed by atoms with E-state index in [4.69, 9.17) is 23.2 Å². The van der Waals surface area contributed by atoms with E-state index in [9.17, 15) is 18.7 Å². The molecule has 5 nitrogen and oxygen atoms in total. The number of anilines is 1. The zero-order chi connectivity index (χ0) is 16.4. The molecule has 2 aromatic rings. The Morgan fingerprint density at radius 3 is 2.73 bits per heavy atom. The van der Waals surface area contributed by atoms with Crippen LogP contribution in [-0.4, -0.2) is 20.8 Å². The maximum atomic E-state index is 12.7. The second kappa shape index (κ2) is 6.50. The van der Waals surface area contributed by atoms with Crippen LogP contribution in [0.25, 0.3) is 0 Å². The molecule has 0 saturated carbocycles. The van der Waals surface area contributed by atoms with E-state index < -0.39 is 18.0 Å². The standard InChI is InChI=1S/C13H11Cl2F2N3O2/c1-6-11(15)12(13(16)17)19-20(6)5-10(22)18-8-4-7(14)2-3-9(8)21/h2-4,13,21H,5H2,1H3,(H,18,22). The van der Waals surface area contributed by atoms with Gasteiger partial charge >= 0.3 is 0 Å². The average Bonchev–Trinajstić information content (AvgIpc) is 2.71. The molecule has 1 heterocycles. The Labute approximate surface area is 134 Å². The first-order chi connectivity index (χ1) is 10.3. The van der Waals surface area contributed by atoms with Crippen LogP contribution in [0.15, 0.2) is 18.2 Å². The van der Waals surface area contributed by atoms with Crippen LogP contribution in [0.1, 0.15) is 17.8 Å². The Morgan fingerprint density at radius 2 is 2.14 bits per heavy atom. The first kappa shape index (κ1) is 16.5. The van der Waals surface area contributed by atoms with E-state index in [1.807, 2.05) is 0 Å². The summed E-state index contributed by atoms with van der Waals surface area (Å²) in [6, 6.07) is 4.14. The van der Waals surface area contributed by atoms with Gasteiger partial charge in [0.15, 0.2) is 0 Å². The molecule has 0 unspecified atom stereocenters. The summed E-state index contributed by atoms with van der Waals surface area (Å²) >= 11 is 11.5. The Balaban J connectivity index is 2.16. The third kappa shape index (κ3) is 3.48.